The Bertz CT molecular complexity index is 970. The summed E-state index contributed by atoms with van der Waals surface area (Å²) < 4.78 is 0. The van der Waals surface area contributed by atoms with Crippen molar-refractivity contribution >= 4 is 5.69 Å². The van der Waals surface area contributed by atoms with E-state index in [9.17, 15) is 0 Å². The number of benzene rings is 2. The molecule has 3 unspecified atom stereocenters. The highest BCUT2D eigenvalue weighted by atomic mass is 15.5. The van der Waals surface area contributed by atoms with Gasteiger partial charge in [0.15, 0.2) is 0 Å². The molecule has 0 amide bonds. The lowest BCUT2D eigenvalue weighted by atomic mass is 9.64. The van der Waals surface area contributed by atoms with Crippen molar-refractivity contribution in [1.82, 2.24) is 4.90 Å². The van der Waals surface area contributed by atoms with E-state index in [1.54, 1.807) is 11.1 Å². The lowest BCUT2D eigenvalue weighted by Gasteiger charge is -2.52. The molecule has 2 aliphatic heterocycles. The number of rotatable bonds is 3. The van der Waals surface area contributed by atoms with Crippen molar-refractivity contribution in [3.63, 3.8) is 0 Å². The standard InChI is InChI=1S/C30H40N2/c1-21-13-7-12-20-28(21)31-22(2)29-26-18-10-11-19-27(26)30(32(29)23(31)3,25-16-8-9-17-25)24-14-5-4-6-15-24/h7,10-13,18-20,22-25,29H,4-6,8-9,14-17H2,1-3H3/t22-,23?,29?,30?/m0/s1. The zero-order chi connectivity index (χ0) is 21.9. The van der Waals surface area contributed by atoms with E-state index in [0.29, 0.717) is 18.2 Å². The molecule has 2 heteroatoms. The van der Waals surface area contributed by atoms with Gasteiger partial charge in [0.25, 0.3) is 0 Å². The van der Waals surface area contributed by atoms with E-state index < -0.39 is 0 Å². The molecule has 0 spiro atoms. The van der Waals surface area contributed by atoms with Crippen LogP contribution in [0.2, 0.25) is 0 Å². The number of nitrogens with zero attached hydrogens (tertiary/aromatic N) is 2. The van der Waals surface area contributed by atoms with Crippen LogP contribution in [0.15, 0.2) is 48.5 Å². The maximum absolute atomic E-state index is 3.07. The predicted molar refractivity (Wildman–Crippen MR) is 134 cm³/mol. The Hall–Kier alpha value is -1.80. The molecule has 32 heavy (non-hydrogen) atoms. The SMILES string of the molecule is Cc1ccccc1N1C(C)N2C(c3ccccc3C2(C2CCCCC2)C2CCCC2)[C@@H]1C. The molecule has 1 saturated heterocycles. The highest BCUT2D eigenvalue weighted by Crippen LogP contribution is 2.64. The summed E-state index contributed by atoms with van der Waals surface area (Å²) in [5, 5.41) is 0. The Morgan fingerprint density at radius 2 is 1.34 bits per heavy atom. The number of para-hydroxylation sites is 1. The number of fused-ring (bicyclic) bond motifs is 3. The second-order valence-electron chi connectivity index (χ2n) is 11.1. The van der Waals surface area contributed by atoms with Gasteiger partial charge < -0.3 is 4.90 Å². The molecule has 2 saturated carbocycles. The van der Waals surface area contributed by atoms with Gasteiger partial charge in [0.05, 0.1) is 17.7 Å². The quantitative estimate of drug-likeness (QED) is 0.497. The molecular formula is C30H40N2. The first-order valence-corrected chi connectivity index (χ1v) is 13.4. The van der Waals surface area contributed by atoms with Gasteiger partial charge in [0, 0.05) is 11.7 Å². The normalized spacial score (nSPS) is 33.6. The third kappa shape index (κ3) is 2.74. The van der Waals surface area contributed by atoms with Gasteiger partial charge in [-0.3, -0.25) is 4.90 Å². The van der Waals surface area contributed by atoms with Gasteiger partial charge in [-0.25, -0.2) is 0 Å². The topological polar surface area (TPSA) is 6.48 Å². The molecule has 0 N–H and O–H groups in total. The van der Waals surface area contributed by atoms with Crippen molar-refractivity contribution in [3.05, 3.63) is 65.2 Å². The summed E-state index contributed by atoms with van der Waals surface area (Å²) in [4.78, 5) is 5.84. The Morgan fingerprint density at radius 1 is 0.750 bits per heavy atom. The Morgan fingerprint density at radius 3 is 2.03 bits per heavy atom. The summed E-state index contributed by atoms with van der Waals surface area (Å²) in [5.41, 5.74) is 6.42. The fourth-order valence-electron chi connectivity index (χ4n) is 8.68. The highest BCUT2D eigenvalue weighted by molar-refractivity contribution is 5.59. The molecule has 4 aliphatic rings. The Kier molecular flexibility index (Phi) is 5.13. The second-order valence-corrected chi connectivity index (χ2v) is 11.1. The fraction of sp³-hybridized carbons (Fsp3) is 0.600. The first-order chi connectivity index (χ1) is 15.7. The predicted octanol–water partition coefficient (Wildman–Crippen LogP) is 7.57. The van der Waals surface area contributed by atoms with Crippen molar-refractivity contribution in [2.45, 2.75) is 102 Å². The molecule has 0 radical (unpaired) electrons. The highest BCUT2D eigenvalue weighted by Gasteiger charge is 2.64. The minimum absolute atomic E-state index is 0.225. The lowest BCUT2D eigenvalue weighted by molar-refractivity contribution is -0.0487. The van der Waals surface area contributed by atoms with Crippen molar-refractivity contribution in [2.24, 2.45) is 11.8 Å². The summed E-state index contributed by atoms with van der Waals surface area (Å²) in [7, 11) is 0. The van der Waals surface area contributed by atoms with Crippen molar-refractivity contribution in [3.8, 4) is 0 Å². The largest absolute Gasteiger partial charge is 0.351 e. The molecule has 3 fully saturated rings. The van der Waals surface area contributed by atoms with Crippen LogP contribution in [-0.4, -0.2) is 17.1 Å². The van der Waals surface area contributed by atoms with Crippen molar-refractivity contribution in [2.75, 3.05) is 4.90 Å². The minimum Gasteiger partial charge on any atom is -0.351 e. The zero-order valence-electron chi connectivity index (χ0n) is 20.3. The van der Waals surface area contributed by atoms with E-state index in [-0.39, 0.29) is 5.54 Å². The van der Waals surface area contributed by atoms with Crippen LogP contribution in [-0.2, 0) is 5.54 Å². The summed E-state index contributed by atoms with van der Waals surface area (Å²) >= 11 is 0. The second kappa shape index (κ2) is 7.90. The number of anilines is 1. The van der Waals surface area contributed by atoms with Crippen LogP contribution in [0, 0.1) is 18.8 Å². The molecule has 4 atom stereocenters. The number of hydrogen-bond acceptors (Lipinski definition) is 2. The third-order valence-electron chi connectivity index (χ3n) is 9.74. The van der Waals surface area contributed by atoms with Gasteiger partial charge in [-0.05, 0) is 81.0 Å². The molecule has 170 valence electrons. The van der Waals surface area contributed by atoms with E-state index in [4.69, 9.17) is 0 Å². The molecule has 2 nitrogen and oxygen atoms in total. The van der Waals surface area contributed by atoms with Gasteiger partial charge in [0.2, 0.25) is 0 Å². The molecule has 2 aliphatic carbocycles. The molecule has 2 heterocycles. The van der Waals surface area contributed by atoms with E-state index >= 15 is 0 Å². The van der Waals surface area contributed by atoms with E-state index in [1.807, 2.05) is 0 Å². The monoisotopic (exact) mass is 428 g/mol. The number of hydrogen-bond donors (Lipinski definition) is 0. The van der Waals surface area contributed by atoms with Crippen LogP contribution >= 0.6 is 0 Å². The van der Waals surface area contributed by atoms with Gasteiger partial charge in [0.1, 0.15) is 0 Å². The summed E-state index contributed by atoms with van der Waals surface area (Å²) in [6.45, 7) is 7.30. The van der Waals surface area contributed by atoms with Crippen LogP contribution in [0.3, 0.4) is 0 Å². The van der Waals surface area contributed by atoms with Gasteiger partial charge in [-0.2, -0.15) is 0 Å². The average molecular weight is 429 g/mol. The first-order valence-electron chi connectivity index (χ1n) is 13.4. The average Bonchev–Trinajstić information content (AvgIpc) is 3.51. The molecule has 0 bridgehead atoms. The third-order valence-corrected chi connectivity index (χ3v) is 9.74. The van der Waals surface area contributed by atoms with E-state index in [1.165, 1.54) is 69.0 Å². The molecule has 2 aromatic rings. The summed E-state index contributed by atoms with van der Waals surface area (Å²) in [5.74, 6) is 1.61. The van der Waals surface area contributed by atoms with Crippen molar-refractivity contribution < 1.29 is 0 Å². The first kappa shape index (κ1) is 20.8. The molecule has 0 aromatic heterocycles. The summed E-state index contributed by atoms with van der Waals surface area (Å²) in [6.07, 6.45) is 13.2. The van der Waals surface area contributed by atoms with Crippen LogP contribution < -0.4 is 4.90 Å². The Labute approximate surface area is 195 Å². The van der Waals surface area contributed by atoms with Crippen LogP contribution in [0.5, 0.6) is 0 Å². The van der Waals surface area contributed by atoms with Crippen LogP contribution in [0.1, 0.15) is 94.4 Å². The molecule has 2 aromatic carbocycles. The number of aryl methyl sites for hydroxylation is 1. The maximum atomic E-state index is 3.07. The fourth-order valence-corrected chi connectivity index (χ4v) is 8.68. The van der Waals surface area contributed by atoms with E-state index in [2.05, 4.69) is 79.1 Å². The van der Waals surface area contributed by atoms with Gasteiger partial charge in [-0.1, -0.05) is 74.6 Å². The van der Waals surface area contributed by atoms with Gasteiger partial charge >= 0.3 is 0 Å². The summed E-state index contributed by atoms with van der Waals surface area (Å²) in [6, 6.07) is 19.7. The smallest absolute Gasteiger partial charge is 0.0809 e. The lowest BCUT2D eigenvalue weighted by Crippen LogP contribution is -2.56. The zero-order valence-corrected chi connectivity index (χ0v) is 20.3. The van der Waals surface area contributed by atoms with Gasteiger partial charge in [-0.15, -0.1) is 0 Å². The maximum Gasteiger partial charge on any atom is 0.0809 e. The van der Waals surface area contributed by atoms with Crippen LogP contribution in [0.25, 0.3) is 0 Å². The minimum atomic E-state index is 0.225. The Balaban J connectivity index is 1.55. The molecular weight excluding hydrogens is 388 g/mol. The van der Waals surface area contributed by atoms with Crippen LogP contribution in [0.4, 0.5) is 5.69 Å². The van der Waals surface area contributed by atoms with Crippen molar-refractivity contribution in [1.29, 1.82) is 0 Å². The van der Waals surface area contributed by atoms with E-state index in [0.717, 1.165) is 11.8 Å². The molecule has 6 rings (SSSR count).